The maximum Gasteiger partial charge on any atom is 0.416 e. The Bertz CT molecular complexity index is 1360. The monoisotopic (exact) mass is 575 g/mol. The summed E-state index contributed by atoms with van der Waals surface area (Å²) in [7, 11) is -6.24. The van der Waals surface area contributed by atoms with E-state index in [1.165, 1.54) is 22.9 Å². The van der Waals surface area contributed by atoms with E-state index in [2.05, 4.69) is 33.9 Å². The molecule has 7 nitrogen and oxygen atoms in total. The molecule has 3 rings (SSSR count). The van der Waals surface area contributed by atoms with Gasteiger partial charge in [0, 0.05) is 17.8 Å². The largest absolute Gasteiger partial charge is 0.485 e. The zero-order valence-corrected chi connectivity index (χ0v) is 25.0. The number of nitrogens with zero attached hydrogens (tertiary/aromatic N) is 1. The highest BCUT2D eigenvalue weighted by Gasteiger charge is 2.49. The van der Waals surface area contributed by atoms with Crippen LogP contribution in [-0.4, -0.2) is 39.3 Å². The molecule has 0 amide bonds. The second-order valence-corrected chi connectivity index (χ2v) is 18.2. The van der Waals surface area contributed by atoms with Gasteiger partial charge in [0.05, 0.1) is 24.0 Å². The molecule has 2 heterocycles. The van der Waals surface area contributed by atoms with E-state index < -0.39 is 59.6 Å². The van der Waals surface area contributed by atoms with Crippen LogP contribution in [0.2, 0.25) is 18.1 Å². The predicted octanol–water partition coefficient (Wildman–Crippen LogP) is 6.06. The zero-order valence-electron chi connectivity index (χ0n) is 23.1. The van der Waals surface area contributed by atoms with Crippen molar-refractivity contribution in [3.05, 3.63) is 63.6 Å². The van der Waals surface area contributed by atoms with Crippen LogP contribution in [0.4, 0.5) is 13.2 Å². The number of alkyl halides is 3. The lowest BCUT2D eigenvalue weighted by Gasteiger charge is -2.44. The summed E-state index contributed by atoms with van der Waals surface area (Å²) in [6.45, 7) is 15.5. The van der Waals surface area contributed by atoms with Gasteiger partial charge < -0.3 is 13.7 Å². The standard InChI is InChI=1S/C26H36F3NO6SSi/c1-16(36-38(8,9)24(2,3)4)17-12-13-30(21(31)14-17)22-19-15-18(26(27,28)29)10-11-20(19)34-25(5,6)23(22)35-37(7,32)33/h10-16,22-23H,1-9H3/t16?,22-,23+/m1/s1. The van der Waals surface area contributed by atoms with Gasteiger partial charge in [0.15, 0.2) is 8.32 Å². The molecule has 0 spiro atoms. The fourth-order valence-corrected chi connectivity index (χ4v) is 6.35. The highest BCUT2D eigenvalue weighted by atomic mass is 32.2. The van der Waals surface area contributed by atoms with Crippen molar-refractivity contribution < 1.29 is 34.9 Å². The fraction of sp³-hybridized carbons (Fsp3) is 0.577. The van der Waals surface area contributed by atoms with Crippen molar-refractivity contribution in [2.75, 3.05) is 6.26 Å². The number of ether oxygens (including phenoxy) is 1. The van der Waals surface area contributed by atoms with Gasteiger partial charge in [-0.15, -0.1) is 0 Å². The van der Waals surface area contributed by atoms with Gasteiger partial charge in [-0.1, -0.05) is 20.8 Å². The van der Waals surface area contributed by atoms with E-state index in [4.69, 9.17) is 13.3 Å². The number of benzene rings is 1. The van der Waals surface area contributed by atoms with Crippen LogP contribution in [-0.2, 0) is 24.9 Å². The molecular formula is C26H36F3NO6SSi. The van der Waals surface area contributed by atoms with E-state index in [0.717, 1.165) is 18.4 Å². The molecule has 0 fully saturated rings. The molecule has 0 bridgehead atoms. The Labute approximate surface area is 223 Å². The smallest absolute Gasteiger partial charge is 0.416 e. The minimum atomic E-state index is -4.66. The Hall–Kier alpha value is -2.15. The van der Waals surface area contributed by atoms with E-state index in [1.807, 2.05) is 6.92 Å². The number of rotatable bonds is 6. The van der Waals surface area contributed by atoms with Crippen LogP contribution in [0.25, 0.3) is 0 Å². The Balaban J connectivity index is 2.17. The van der Waals surface area contributed by atoms with Crippen molar-refractivity contribution >= 4 is 18.4 Å². The van der Waals surface area contributed by atoms with Gasteiger partial charge in [-0.2, -0.15) is 21.6 Å². The molecule has 212 valence electrons. The lowest BCUT2D eigenvalue weighted by molar-refractivity contribution is -0.137. The molecule has 1 aliphatic heterocycles. The van der Waals surface area contributed by atoms with Crippen LogP contribution in [0.1, 0.15) is 70.4 Å². The molecule has 0 saturated carbocycles. The minimum absolute atomic E-state index is 0.00628. The fourth-order valence-electron chi connectivity index (χ4n) is 4.26. The lowest BCUT2D eigenvalue weighted by Crippen LogP contribution is -2.54. The number of halogens is 3. The molecule has 2 aromatic rings. The van der Waals surface area contributed by atoms with E-state index in [-0.39, 0.29) is 16.4 Å². The third-order valence-corrected chi connectivity index (χ3v) is 12.4. The molecule has 0 radical (unpaired) electrons. The van der Waals surface area contributed by atoms with Crippen LogP contribution in [0.15, 0.2) is 41.3 Å². The summed E-state index contributed by atoms with van der Waals surface area (Å²) in [6.07, 6.45) is -4.12. The molecule has 1 aromatic carbocycles. The van der Waals surface area contributed by atoms with Crippen molar-refractivity contribution in [1.29, 1.82) is 0 Å². The predicted molar refractivity (Wildman–Crippen MR) is 141 cm³/mol. The summed E-state index contributed by atoms with van der Waals surface area (Å²) in [5, 5.41) is -0.0555. The van der Waals surface area contributed by atoms with Crippen LogP contribution >= 0.6 is 0 Å². The topological polar surface area (TPSA) is 83.8 Å². The van der Waals surface area contributed by atoms with Crippen LogP contribution in [0.3, 0.4) is 0 Å². The second-order valence-electron chi connectivity index (χ2n) is 11.8. The van der Waals surface area contributed by atoms with E-state index in [9.17, 15) is 26.4 Å². The first-order valence-electron chi connectivity index (χ1n) is 12.2. The first-order valence-corrected chi connectivity index (χ1v) is 16.9. The molecule has 0 N–H and O–H groups in total. The Morgan fingerprint density at radius 1 is 1.11 bits per heavy atom. The van der Waals surface area contributed by atoms with Crippen molar-refractivity contribution in [3.8, 4) is 5.75 Å². The van der Waals surface area contributed by atoms with Gasteiger partial charge in [-0.05, 0) is 68.7 Å². The number of pyridine rings is 1. The van der Waals surface area contributed by atoms with Gasteiger partial charge in [0.2, 0.25) is 0 Å². The Kier molecular flexibility index (Phi) is 7.83. The number of fused-ring (bicyclic) bond motifs is 1. The molecule has 1 aliphatic rings. The van der Waals surface area contributed by atoms with Crippen LogP contribution in [0, 0.1) is 0 Å². The summed E-state index contributed by atoms with van der Waals surface area (Å²) >= 11 is 0. The molecule has 0 saturated heterocycles. The molecule has 1 aromatic heterocycles. The first-order chi connectivity index (χ1) is 17.0. The minimum Gasteiger partial charge on any atom is -0.485 e. The summed E-state index contributed by atoms with van der Waals surface area (Å²) < 4.78 is 84.0. The third-order valence-electron chi connectivity index (χ3n) is 7.30. The van der Waals surface area contributed by atoms with E-state index >= 15 is 0 Å². The highest BCUT2D eigenvalue weighted by Crippen LogP contribution is 2.46. The average Bonchev–Trinajstić information content (AvgIpc) is 2.71. The van der Waals surface area contributed by atoms with Crippen molar-refractivity contribution in [2.45, 2.75) is 89.7 Å². The summed E-state index contributed by atoms with van der Waals surface area (Å²) in [5.74, 6) is 0.104. The molecular weight excluding hydrogens is 539 g/mol. The molecule has 12 heteroatoms. The summed E-state index contributed by atoms with van der Waals surface area (Å²) in [6, 6.07) is 4.74. The SMILES string of the molecule is CC(O[Si](C)(C)C(C)(C)C)c1ccn([C@@H]2c3cc(C(F)(F)F)ccc3OC(C)(C)[C@H]2OS(C)(=O)=O)c(=O)c1. The summed E-state index contributed by atoms with van der Waals surface area (Å²) in [5.41, 5.74) is -2.21. The van der Waals surface area contributed by atoms with Gasteiger partial charge >= 0.3 is 6.18 Å². The molecule has 0 aliphatic carbocycles. The molecule has 1 unspecified atom stereocenters. The van der Waals surface area contributed by atoms with Gasteiger partial charge in [0.25, 0.3) is 15.7 Å². The van der Waals surface area contributed by atoms with Crippen LogP contribution in [0.5, 0.6) is 5.75 Å². The quantitative estimate of drug-likeness (QED) is 0.308. The van der Waals surface area contributed by atoms with Crippen LogP contribution < -0.4 is 10.3 Å². The Morgan fingerprint density at radius 3 is 2.21 bits per heavy atom. The Morgan fingerprint density at radius 2 is 1.71 bits per heavy atom. The van der Waals surface area contributed by atoms with E-state index in [1.54, 1.807) is 19.9 Å². The number of hydrogen-bond donors (Lipinski definition) is 0. The van der Waals surface area contributed by atoms with Gasteiger partial charge in [-0.3, -0.25) is 8.98 Å². The number of hydrogen-bond acceptors (Lipinski definition) is 6. The maximum atomic E-state index is 13.6. The first kappa shape index (κ1) is 30.4. The van der Waals surface area contributed by atoms with Crippen molar-refractivity contribution in [2.24, 2.45) is 0 Å². The van der Waals surface area contributed by atoms with Gasteiger partial charge in [0.1, 0.15) is 17.5 Å². The molecule has 3 atom stereocenters. The highest BCUT2D eigenvalue weighted by molar-refractivity contribution is 7.86. The van der Waals surface area contributed by atoms with E-state index in [0.29, 0.717) is 5.56 Å². The average molecular weight is 576 g/mol. The summed E-state index contributed by atoms with van der Waals surface area (Å²) in [4.78, 5) is 13.5. The maximum absolute atomic E-state index is 13.6. The second kappa shape index (κ2) is 9.79. The normalized spacial score (nSPS) is 20.9. The molecule has 38 heavy (non-hydrogen) atoms. The zero-order chi connectivity index (χ0) is 29.1. The third kappa shape index (κ3) is 6.35. The van der Waals surface area contributed by atoms with Crippen molar-refractivity contribution in [3.63, 3.8) is 0 Å². The van der Waals surface area contributed by atoms with Gasteiger partial charge in [-0.25, -0.2) is 0 Å². The van der Waals surface area contributed by atoms with Crippen molar-refractivity contribution in [1.82, 2.24) is 4.57 Å². The lowest BCUT2D eigenvalue weighted by atomic mass is 9.85. The number of aromatic nitrogens is 1.